The van der Waals surface area contributed by atoms with Crippen LogP contribution in [0.25, 0.3) is 0 Å². The van der Waals surface area contributed by atoms with Gasteiger partial charge in [-0.2, -0.15) is 11.8 Å². The number of imidazole rings is 1. The Hall–Kier alpha value is -0.440. The van der Waals surface area contributed by atoms with Crippen LogP contribution in [0.3, 0.4) is 0 Å². The molecule has 0 radical (unpaired) electrons. The zero-order chi connectivity index (χ0) is 12.3. The van der Waals surface area contributed by atoms with E-state index in [0.29, 0.717) is 0 Å². The summed E-state index contributed by atoms with van der Waals surface area (Å²) < 4.78 is 2.19. The maximum absolute atomic E-state index is 4.09. The van der Waals surface area contributed by atoms with Crippen molar-refractivity contribution in [2.45, 2.75) is 63.7 Å². The van der Waals surface area contributed by atoms with Gasteiger partial charge in [-0.15, -0.1) is 0 Å². The van der Waals surface area contributed by atoms with Crippen molar-refractivity contribution in [3.63, 3.8) is 0 Å². The van der Waals surface area contributed by atoms with E-state index in [1.807, 2.05) is 24.3 Å². The van der Waals surface area contributed by atoms with Gasteiger partial charge in [-0.05, 0) is 12.7 Å². The molecule has 17 heavy (non-hydrogen) atoms. The van der Waals surface area contributed by atoms with Crippen molar-refractivity contribution in [1.82, 2.24) is 9.55 Å². The highest BCUT2D eigenvalue weighted by molar-refractivity contribution is 7.99. The highest BCUT2D eigenvalue weighted by Crippen LogP contribution is 2.18. The number of unbranched alkanes of at least 4 members (excludes halogenated alkanes) is 5. The molecule has 2 nitrogen and oxygen atoms in total. The van der Waals surface area contributed by atoms with E-state index >= 15 is 0 Å². The van der Waals surface area contributed by atoms with Gasteiger partial charge in [0, 0.05) is 24.2 Å². The van der Waals surface area contributed by atoms with Crippen LogP contribution in [0.4, 0.5) is 0 Å². The first kappa shape index (κ1) is 14.6. The molecule has 3 heteroatoms. The van der Waals surface area contributed by atoms with Crippen molar-refractivity contribution in [1.29, 1.82) is 0 Å². The predicted octanol–water partition coefficient (Wildman–Crippen LogP) is 4.37. The first-order valence-corrected chi connectivity index (χ1v) is 8.14. The summed E-state index contributed by atoms with van der Waals surface area (Å²) in [5.74, 6) is 0. The molecule has 1 heterocycles. The summed E-state index contributed by atoms with van der Waals surface area (Å²) in [6, 6.07) is 0. The van der Waals surface area contributed by atoms with Crippen LogP contribution in [-0.4, -0.2) is 21.1 Å². The first-order valence-electron chi connectivity index (χ1n) is 6.85. The van der Waals surface area contributed by atoms with Gasteiger partial charge < -0.3 is 4.57 Å². The van der Waals surface area contributed by atoms with Gasteiger partial charge in [-0.25, -0.2) is 4.98 Å². The maximum Gasteiger partial charge on any atom is 0.0946 e. The van der Waals surface area contributed by atoms with Crippen molar-refractivity contribution >= 4 is 11.8 Å². The average molecular weight is 254 g/mol. The fraction of sp³-hybridized carbons (Fsp3) is 0.786. The maximum atomic E-state index is 4.09. The van der Waals surface area contributed by atoms with E-state index in [1.54, 1.807) is 0 Å². The van der Waals surface area contributed by atoms with E-state index in [9.17, 15) is 0 Å². The molecule has 0 N–H and O–H groups in total. The highest BCUT2D eigenvalue weighted by Gasteiger charge is 2.07. The van der Waals surface area contributed by atoms with E-state index in [-0.39, 0.29) is 0 Å². The number of aromatic nitrogens is 2. The molecule has 0 amide bonds. The lowest BCUT2D eigenvalue weighted by atomic mass is 10.1. The third-order valence-corrected chi connectivity index (χ3v) is 4.24. The van der Waals surface area contributed by atoms with Crippen molar-refractivity contribution in [3.05, 3.63) is 18.7 Å². The molecule has 1 atom stereocenters. The molecule has 0 saturated carbocycles. The number of nitrogens with zero attached hydrogens (tertiary/aromatic N) is 2. The van der Waals surface area contributed by atoms with Crippen LogP contribution in [-0.2, 0) is 6.54 Å². The largest absolute Gasteiger partial charge is 0.336 e. The minimum absolute atomic E-state index is 0.746. The summed E-state index contributed by atoms with van der Waals surface area (Å²) in [6.07, 6.45) is 17.8. The van der Waals surface area contributed by atoms with Crippen LogP contribution in [0.5, 0.6) is 0 Å². The number of hydrogen-bond acceptors (Lipinski definition) is 2. The van der Waals surface area contributed by atoms with Gasteiger partial charge in [-0.1, -0.05) is 45.4 Å². The molecule has 1 unspecified atom stereocenters. The number of rotatable bonds is 10. The van der Waals surface area contributed by atoms with Crippen molar-refractivity contribution in [2.24, 2.45) is 0 Å². The molecule has 0 saturated heterocycles. The predicted molar refractivity (Wildman–Crippen MR) is 77.5 cm³/mol. The molecule has 0 aliphatic rings. The monoisotopic (exact) mass is 254 g/mol. The topological polar surface area (TPSA) is 17.8 Å². The van der Waals surface area contributed by atoms with E-state index in [2.05, 4.69) is 28.9 Å². The van der Waals surface area contributed by atoms with Crippen molar-refractivity contribution in [3.8, 4) is 0 Å². The Morgan fingerprint density at radius 1 is 1.18 bits per heavy atom. The van der Waals surface area contributed by atoms with Crippen LogP contribution in [0, 0.1) is 0 Å². The zero-order valence-corrected chi connectivity index (χ0v) is 12.1. The lowest BCUT2D eigenvalue weighted by molar-refractivity contribution is 0.553. The van der Waals surface area contributed by atoms with Crippen molar-refractivity contribution < 1.29 is 0 Å². The van der Waals surface area contributed by atoms with E-state index in [1.165, 1.54) is 44.9 Å². The summed E-state index contributed by atoms with van der Waals surface area (Å²) in [5, 5.41) is 0.746. The molecule has 0 aliphatic heterocycles. The Labute approximate surface area is 110 Å². The second-order valence-electron chi connectivity index (χ2n) is 4.67. The molecule has 0 aliphatic carbocycles. The van der Waals surface area contributed by atoms with E-state index < -0.39 is 0 Å². The molecule has 1 aromatic heterocycles. The van der Waals surface area contributed by atoms with Crippen LogP contribution < -0.4 is 0 Å². The Kier molecular flexibility index (Phi) is 8.24. The standard InChI is InChI=1S/C14H26N2S/c1-3-4-5-6-7-8-9-14(17-2)12-16-11-10-15-13-16/h10-11,13-14H,3-9,12H2,1-2H3. The molecule has 1 rings (SSSR count). The normalized spacial score (nSPS) is 12.8. The quantitative estimate of drug-likeness (QED) is 0.577. The molecule has 1 aromatic rings. The zero-order valence-electron chi connectivity index (χ0n) is 11.3. The summed E-state index contributed by atoms with van der Waals surface area (Å²) in [4.78, 5) is 4.09. The third-order valence-electron chi connectivity index (χ3n) is 3.19. The fourth-order valence-corrected chi connectivity index (χ4v) is 2.79. The van der Waals surface area contributed by atoms with Crippen LogP contribution in [0.15, 0.2) is 18.7 Å². The van der Waals surface area contributed by atoms with E-state index in [0.717, 1.165) is 11.8 Å². The molecule has 98 valence electrons. The SMILES string of the molecule is CCCCCCCCC(Cn1ccnc1)SC. The molecule has 0 aromatic carbocycles. The summed E-state index contributed by atoms with van der Waals surface area (Å²) in [5.41, 5.74) is 0. The van der Waals surface area contributed by atoms with Gasteiger partial charge in [0.1, 0.15) is 0 Å². The third kappa shape index (κ3) is 6.77. The fourth-order valence-electron chi connectivity index (χ4n) is 2.07. The molecule has 0 spiro atoms. The van der Waals surface area contributed by atoms with E-state index in [4.69, 9.17) is 0 Å². The van der Waals surface area contributed by atoms with Crippen LogP contribution in [0.2, 0.25) is 0 Å². The second kappa shape index (κ2) is 9.58. The van der Waals surface area contributed by atoms with Gasteiger partial charge in [0.25, 0.3) is 0 Å². The summed E-state index contributed by atoms with van der Waals surface area (Å²) >= 11 is 1.99. The second-order valence-corrected chi connectivity index (χ2v) is 5.81. The number of hydrogen-bond donors (Lipinski definition) is 0. The van der Waals surface area contributed by atoms with Gasteiger partial charge in [0.2, 0.25) is 0 Å². The van der Waals surface area contributed by atoms with Gasteiger partial charge in [0.05, 0.1) is 6.33 Å². The lowest BCUT2D eigenvalue weighted by Gasteiger charge is -2.14. The summed E-state index contributed by atoms with van der Waals surface area (Å²) in [7, 11) is 0. The molecular formula is C14H26N2S. The van der Waals surface area contributed by atoms with Gasteiger partial charge in [-0.3, -0.25) is 0 Å². The molecule has 0 bridgehead atoms. The minimum atomic E-state index is 0.746. The Morgan fingerprint density at radius 2 is 1.94 bits per heavy atom. The number of thioether (sulfide) groups is 1. The summed E-state index contributed by atoms with van der Waals surface area (Å²) in [6.45, 7) is 3.38. The smallest absolute Gasteiger partial charge is 0.0946 e. The lowest BCUT2D eigenvalue weighted by Crippen LogP contribution is -2.11. The van der Waals surface area contributed by atoms with Crippen molar-refractivity contribution in [2.75, 3.05) is 6.26 Å². The minimum Gasteiger partial charge on any atom is -0.336 e. The first-order chi connectivity index (χ1) is 8.36. The average Bonchev–Trinajstić information content (AvgIpc) is 2.85. The Bertz CT molecular complexity index is 259. The van der Waals surface area contributed by atoms with Gasteiger partial charge >= 0.3 is 0 Å². The molecule has 0 fully saturated rings. The van der Waals surface area contributed by atoms with Crippen LogP contribution >= 0.6 is 11.8 Å². The Balaban J connectivity index is 2.06. The molecular weight excluding hydrogens is 228 g/mol. The Morgan fingerprint density at radius 3 is 2.59 bits per heavy atom. The van der Waals surface area contributed by atoms with Crippen LogP contribution in [0.1, 0.15) is 51.9 Å². The highest BCUT2D eigenvalue weighted by atomic mass is 32.2. The van der Waals surface area contributed by atoms with Gasteiger partial charge in [0.15, 0.2) is 0 Å².